The van der Waals surface area contributed by atoms with Crippen LogP contribution >= 0.6 is 0 Å². The first-order valence-electron chi connectivity index (χ1n) is 5.61. The van der Waals surface area contributed by atoms with Crippen molar-refractivity contribution >= 4 is 0 Å². The third kappa shape index (κ3) is 2.23. The summed E-state index contributed by atoms with van der Waals surface area (Å²) >= 11 is 0. The Morgan fingerprint density at radius 2 is 2.12 bits per heavy atom. The fraction of sp³-hybridized carbons (Fsp3) is 0.500. The van der Waals surface area contributed by atoms with Crippen molar-refractivity contribution in [2.75, 3.05) is 0 Å². The van der Waals surface area contributed by atoms with Crippen LogP contribution in [0.5, 0.6) is 0 Å². The number of halogens is 2. The molecular weight excluding hydrogens is 210 g/mol. The lowest BCUT2D eigenvalue weighted by Gasteiger charge is -2.33. The van der Waals surface area contributed by atoms with Crippen LogP contribution in [-0.2, 0) is 6.42 Å². The second-order valence-electron chi connectivity index (χ2n) is 4.38. The molecule has 3 N–H and O–H groups in total. The summed E-state index contributed by atoms with van der Waals surface area (Å²) in [6.45, 7) is 0. The second kappa shape index (κ2) is 4.89. The van der Waals surface area contributed by atoms with Gasteiger partial charge in [0.1, 0.15) is 0 Å². The Hall–Kier alpha value is -1.00. The maximum Gasteiger partial charge on any atom is 0.162 e. The third-order valence-electron chi connectivity index (χ3n) is 3.40. The zero-order valence-electron chi connectivity index (χ0n) is 9.05. The van der Waals surface area contributed by atoms with E-state index in [1.807, 2.05) is 0 Å². The van der Waals surface area contributed by atoms with E-state index in [1.165, 1.54) is 12.5 Å². The van der Waals surface area contributed by atoms with Crippen molar-refractivity contribution < 1.29 is 8.78 Å². The molecule has 0 bridgehead atoms. The minimum absolute atomic E-state index is 0.0463. The second-order valence-corrected chi connectivity index (χ2v) is 4.38. The molecule has 2 nitrogen and oxygen atoms in total. The van der Waals surface area contributed by atoms with Crippen LogP contribution in [0.3, 0.4) is 0 Å². The molecule has 88 valence electrons. The van der Waals surface area contributed by atoms with Gasteiger partial charge in [-0.1, -0.05) is 18.6 Å². The molecule has 1 unspecified atom stereocenters. The molecule has 1 aromatic carbocycles. The minimum Gasteiger partial charge on any atom is -0.271 e. The maximum absolute atomic E-state index is 13.4. The predicted molar refractivity (Wildman–Crippen MR) is 58.5 cm³/mol. The lowest BCUT2D eigenvalue weighted by Crippen LogP contribution is -2.45. The number of rotatable bonds is 4. The highest BCUT2D eigenvalue weighted by atomic mass is 19.2. The summed E-state index contributed by atoms with van der Waals surface area (Å²) in [4.78, 5) is 0. The molecule has 1 atom stereocenters. The number of nitrogens with one attached hydrogen (secondary N) is 1. The van der Waals surface area contributed by atoms with Crippen LogP contribution in [0, 0.1) is 17.6 Å². The summed E-state index contributed by atoms with van der Waals surface area (Å²) in [5.74, 6) is 4.41. The first-order chi connectivity index (χ1) is 7.72. The van der Waals surface area contributed by atoms with E-state index < -0.39 is 11.6 Å². The van der Waals surface area contributed by atoms with Crippen molar-refractivity contribution in [3.63, 3.8) is 0 Å². The number of nitrogens with two attached hydrogens (primary N) is 1. The van der Waals surface area contributed by atoms with Gasteiger partial charge < -0.3 is 0 Å². The number of hydrogen-bond acceptors (Lipinski definition) is 2. The highest BCUT2D eigenvalue weighted by Crippen LogP contribution is 2.31. The van der Waals surface area contributed by atoms with Gasteiger partial charge in [-0.25, -0.2) is 8.78 Å². The van der Waals surface area contributed by atoms with Crippen LogP contribution in [0.4, 0.5) is 8.78 Å². The Balaban J connectivity index is 2.09. The normalized spacial score (nSPS) is 18.2. The van der Waals surface area contributed by atoms with Gasteiger partial charge in [-0.2, -0.15) is 0 Å². The Labute approximate surface area is 93.8 Å². The fourth-order valence-corrected chi connectivity index (χ4v) is 2.15. The molecule has 16 heavy (non-hydrogen) atoms. The average Bonchev–Trinajstić information content (AvgIpc) is 2.21. The van der Waals surface area contributed by atoms with E-state index in [-0.39, 0.29) is 6.04 Å². The molecule has 0 spiro atoms. The van der Waals surface area contributed by atoms with Gasteiger partial charge >= 0.3 is 0 Å². The minimum atomic E-state index is -0.790. The molecule has 0 aromatic heterocycles. The van der Waals surface area contributed by atoms with Gasteiger partial charge in [0, 0.05) is 6.04 Å². The van der Waals surface area contributed by atoms with Crippen molar-refractivity contribution in [2.24, 2.45) is 11.8 Å². The van der Waals surface area contributed by atoms with Crippen molar-refractivity contribution in [3.05, 3.63) is 35.4 Å². The van der Waals surface area contributed by atoms with Gasteiger partial charge in [-0.05, 0) is 36.8 Å². The van der Waals surface area contributed by atoms with E-state index in [2.05, 4.69) is 5.43 Å². The Bertz CT molecular complexity index is 364. The van der Waals surface area contributed by atoms with Crippen molar-refractivity contribution in [1.29, 1.82) is 0 Å². The van der Waals surface area contributed by atoms with Crippen LogP contribution in [-0.4, -0.2) is 6.04 Å². The summed E-state index contributed by atoms with van der Waals surface area (Å²) in [6, 6.07) is 4.32. The van der Waals surface area contributed by atoms with E-state index in [0.29, 0.717) is 17.9 Å². The van der Waals surface area contributed by atoms with Gasteiger partial charge in [-0.15, -0.1) is 0 Å². The first-order valence-corrected chi connectivity index (χ1v) is 5.61. The van der Waals surface area contributed by atoms with Crippen LogP contribution in [0.1, 0.15) is 24.8 Å². The van der Waals surface area contributed by atoms with E-state index in [0.717, 1.165) is 18.9 Å². The van der Waals surface area contributed by atoms with Gasteiger partial charge in [0.25, 0.3) is 0 Å². The zero-order chi connectivity index (χ0) is 11.5. The van der Waals surface area contributed by atoms with Crippen molar-refractivity contribution in [1.82, 2.24) is 5.43 Å². The average molecular weight is 226 g/mol. The Kier molecular flexibility index (Phi) is 3.51. The van der Waals surface area contributed by atoms with E-state index in [4.69, 9.17) is 5.84 Å². The topological polar surface area (TPSA) is 38.0 Å². The summed E-state index contributed by atoms with van der Waals surface area (Å²) in [5.41, 5.74) is 3.11. The predicted octanol–water partition coefficient (Wildman–Crippen LogP) is 2.14. The van der Waals surface area contributed by atoms with E-state index in [1.54, 1.807) is 6.07 Å². The summed E-state index contributed by atoms with van der Waals surface area (Å²) in [6.07, 6.45) is 3.89. The standard InChI is InChI=1S/C12H16F2N2/c13-10-6-2-5-9(12(10)14)7-11(16-15)8-3-1-4-8/h2,5-6,8,11,16H,1,3-4,7,15H2. The maximum atomic E-state index is 13.4. The molecule has 0 amide bonds. The van der Waals surface area contributed by atoms with Crippen LogP contribution in [0.25, 0.3) is 0 Å². The van der Waals surface area contributed by atoms with Crippen molar-refractivity contribution in [2.45, 2.75) is 31.7 Å². The molecule has 1 aliphatic rings. The van der Waals surface area contributed by atoms with Crippen LogP contribution < -0.4 is 11.3 Å². The molecule has 0 heterocycles. The Morgan fingerprint density at radius 3 is 2.69 bits per heavy atom. The molecule has 1 fully saturated rings. The molecule has 0 saturated heterocycles. The lowest BCUT2D eigenvalue weighted by atomic mass is 9.78. The van der Waals surface area contributed by atoms with E-state index in [9.17, 15) is 8.78 Å². The summed E-state index contributed by atoms with van der Waals surface area (Å²) in [7, 11) is 0. The third-order valence-corrected chi connectivity index (χ3v) is 3.40. The molecule has 2 rings (SSSR count). The van der Waals surface area contributed by atoms with Gasteiger partial charge in [0.2, 0.25) is 0 Å². The molecule has 0 radical (unpaired) electrons. The zero-order valence-corrected chi connectivity index (χ0v) is 9.05. The highest BCUT2D eigenvalue weighted by Gasteiger charge is 2.27. The van der Waals surface area contributed by atoms with Gasteiger partial charge in [0.15, 0.2) is 11.6 Å². The van der Waals surface area contributed by atoms with Crippen molar-refractivity contribution in [3.8, 4) is 0 Å². The molecular formula is C12H16F2N2. The van der Waals surface area contributed by atoms with Gasteiger partial charge in [-0.3, -0.25) is 11.3 Å². The van der Waals surface area contributed by atoms with E-state index >= 15 is 0 Å². The molecule has 4 heteroatoms. The summed E-state index contributed by atoms with van der Waals surface area (Å²) in [5, 5.41) is 0. The number of hydrogen-bond donors (Lipinski definition) is 2. The molecule has 1 aromatic rings. The monoisotopic (exact) mass is 226 g/mol. The quantitative estimate of drug-likeness (QED) is 0.609. The highest BCUT2D eigenvalue weighted by molar-refractivity contribution is 5.20. The fourth-order valence-electron chi connectivity index (χ4n) is 2.15. The van der Waals surface area contributed by atoms with Crippen LogP contribution in [0.15, 0.2) is 18.2 Å². The number of benzene rings is 1. The SMILES string of the molecule is NNC(Cc1cccc(F)c1F)C1CCC1. The van der Waals surface area contributed by atoms with Gasteiger partial charge in [0.05, 0.1) is 0 Å². The summed E-state index contributed by atoms with van der Waals surface area (Å²) < 4.78 is 26.4. The smallest absolute Gasteiger partial charge is 0.162 e. The molecule has 1 aliphatic carbocycles. The molecule has 0 aliphatic heterocycles. The Morgan fingerprint density at radius 1 is 1.38 bits per heavy atom. The molecule has 1 saturated carbocycles. The first kappa shape index (κ1) is 11.5. The van der Waals surface area contributed by atoms with Crippen LogP contribution in [0.2, 0.25) is 0 Å². The lowest BCUT2D eigenvalue weighted by molar-refractivity contribution is 0.227. The largest absolute Gasteiger partial charge is 0.271 e. The number of hydrazine groups is 1.